The molecule has 3 rings (SSSR count). The summed E-state index contributed by atoms with van der Waals surface area (Å²) in [6.45, 7) is 1.56. The van der Waals surface area contributed by atoms with E-state index in [0.29, 0.717) is 0 Å². The fraction of sp³-hybridized carbons (Fsp3) is 0.500. The van der Waals surface area contributed by atoms with Crippen molar-refractivity contribution >= 4 is 16.9 Å². The third-order valence-electron chi connectivity index (χ3n) is 3.47. The van der Waals surface area contributed by atoms with E-state index in [4.69, 9.17) is 0 Å². The van der Waals surface area contributed by atoms with Gasteiger partial charge in [0.2, 0.25) is 0 Å². The summed E-state index contributed by atoms with van der Waals surface area (Å²) >= 11 is 0. The van der Waals surface area contributed by atoms with Gasteiger partial charge in [-0.3, -0.25) is 4.39 Å². The molecule has 2 aromatic heterocycles. The first-order chi connectivity index (χ1) is 8.38. The molecule has 0 amide bonds. The van der Waals surface area contributed by atoms with Gasteiger partial charge in [-0.2, -0.15) is 0 Å². The summed E-state index contributed by atoms with van der Waals surface area (Å²) in [5.41, 5.74) is 0.864. The monoisotopic (exact) mass is 234 g/mol. The van der Waals surface area contributed by atoms with Crippen LogP contribution in [0.5, 0.6) is 0 Å². The smallest absolute Gasteiger partial charge is 0.142 e. The van der Waals surface area contributed by atoms with Crippen LogP contribution in [-0.4, -0.2) is 34.7 Å². The summed E-state index contributed by atoms with van der Waals surface area (Å²) in [5.74, 6) is 1.20. The van der Waals surface area contributed by atoms with Crippen LogP contribution in [0.25, 0.3) is 11.0 Å². The Balaban J connectivity index is 1.87. The number of hydrogen-bond acceptors (Lipinski definition) is 3. The number of fused-ring (bicyclic) bond motifs is 1. The van der Waals surface area contributed by atoms with E-state index in [0.717, 1.165) is 42.8 Å². The molecule has 5 heteroatoms. The predicted octanol–water partition coefficient (Wildman–Crippen LogP) is 2.14. The molecule has 1 saturated heterocycles. The quantitative estimate of drug-likeness (QED) is 0.865. The number of anilines is 1. The molecule has 1 aliphatic rings. The second-order valence-corrected chi connectivity index (χ2v) is 4.52. The molecular weight excluding hydrogens is 219 g/mol. The molecule has 1 N–H and O–H groups in total. The van der Waals surface area contributed by atoms with Crippen molar-refractivity contribution in [2.24, 2.45) is 5.92 Å². The average molecular weight is 234 g/mol. The van der Waals surface area contributed by atoms with E-state index < -0.39 is 0 Å². The van der Waals surface area contributed by atoms with Crippen LogP contribution in [0.3, 0.4) is 0 Å². The van der Waals surface area contributed by atoms with Gasteiger partial charge in [0.1, 0.15) is 17.8 Å². The van der Waals surface area contributed by atoms with Crippen LogP contribution >= 0.6 is 0 Å². The van der Waals surface area contributed by atoms with Gasteiger partial charge < -0.3 is 9.88 Å². The van der Waals surface area contributed by atoms with Crippen molar-refractivity contribution in [2.75, 3.05) is 24.7 Å². The molecule has 0 atom stereocenters. The van der Waals surface area contributed by atoms with Crippen LogP contribution in [0, 0.1) is 5.92 Å². The van der Waals surface area contributed by atoms with Crippen LogP contribution in [-0.2, 0) is 0 Å². The number of aromatic amines is 1. The summed E-state index contributed by atoms with van der Waals surface area (Å²) in [5, 5.41) is 1.05. The normalized spacial score (nSPS) is 17.8. The zero-order valence-electron chi connectivity index (χ0n) is 9.56. The van der Waals surface area contributed by atoms with Gasteiger partial charge in [-0.05, 0) is 24.8 Å². The molecule has 0 saturated carbocycles. The highest BCUT2D eigenvalue weighted by Crippen LogP contribution is 2.26. The minimum atomic E-state index is -0.197. The molecule has 1 fully saturated rings. The number of rotatable bonds is 2. The number of halogens is 1. The topological polar surface area (TPSA) is 44.8 Å². The molecule has 1 aliphatic heterocycles. The lowest BCUT2D eigenvalue weighted by Gasteiger charge is -2.31. The molecular formula is C12H15FN4. The summed E-state index contributed by atoms with van der Waals surface area (Å²) < 4.78 is 12.6. The third-order valence-corrected chi connectivity index (χ3v) is 3.47. The Kier molecular flexibility index (Phi) is 2.66. The molecule has 3 heterocycles. The second kappa shape index (κ2) is 4.31. The summed E-state index contributed by atoms with van der Waals surface area (Å²) in [7, 11) is 0. The molecule has 17 heavy (non-hydrogen) atoms. The van der Waals surface area contributed by atoms with Gasteiger partial charge in [-0.15, -0.1) is 0 Å². The Labute approximate surface area is 98.9 Å². The SMILES string of the molecule is FCC1CCN(c2ncnc3[nH]ccc23)CC1. The van der Waals surface area contributed by atoms with Crippen LogP contribution < -0.4 is 4.90 Å². The zero-order valence-corrected chi connectivity index (χ0v) is 9.56. The highest BCUT2D eigenvalue weighted by molar-refractivity contribution is 5.87. The predicted molar refractivity (Wildman–Crippen MR) is 64.8 cm³/mol. The molecule has 0 spiro atoms. The van der Waals surface area contributed by atoms with Crippen molar-refractivity contribution in [3.05, 3.63) is 18.6 Å². The highest BCUT2D eigenvalue weighted by Gasteiger charge is 2.21. The average Bonchev–Trinajstić information content (AvgIpc) is 2.87. The van der Waals surface area contributed by atoms with Crippen LogP contribution in [0.2, 0.25) is 0 Å². The summed E-state index contributed by atoms with van der Waals surface area (Å²) in [6.07, 6.45) is 5.27. The number of hydrogen-bond donors (Lipinski definition) is 1. The second-order valence-electron chi connectivity index (χ2n) is 4.52. The van der Waals surface area contributed by atoms with E-state index in [1.165, 1.54) is 0 Å². The van der Waals surface area contributed by atoms with Gasteiger partial charge in [0.05, 0.1) is 12.1 Å². The van der Waals surface area contributed by atoms with E-state index in [-0.39, 0.29) is 12.6 Å². The Morgan fingerprint density at radius 2 is 2.18 bits per heavy atom. The first-order valence-electron chi connectivity index (χ1n) is 5.97. The van der Waals surface area contributed by atoms with Crippen molar-refractivity contribution in [1.82, 2.24) is 15.0 Å². The third kappa shape index (κ3) is 1.85. The summed E-state index contributed by atoms with van der Waals surface area (Å²) in [6, 6.07) is 1.99. The molecule has 0 unspecified atom stereocenters. The van der Waals surface area contributed by atoms with E-state index >= 15 is 0 Å². The van der Waals surface area contributed by atoms with E-state index in [2.05, 4.69) is 19.9 Å². The van der Waals surface area contributed by atoms with Crippen molar-refractivity contribution in [3.63, 3.8) is 0 Å². The minimum absolute atomic E-state index is 0.197. The molecule has 0 bridgehead atoms. The van der Waals surface area contributed by atoms with Crippen LogP contribution in [0.15, 0.2) is 18.6 Å². The number of piperidine rings is 1. The molecule has 0 radical (unpaired) electrons. The number of alkyl halides is 1. The first-order valence-corrected chi connectivity index (χ1v) is 5.97. The summed E-state index contributed by atoms with van der Waals surface area (Å²) in [4.78, 5) is 13.8. The van der Waals surface area contributed by atoms with Crippen molar-refractivity contribution < 1.29 is 4.39 Å². The maximum absolute atomic E-state index is 12.6. The number of H-pyrrole nitrogens is 1. The number of nitrogens with zero attached hydrogens (tertiary/aromatic N) is 3. The van der Waals surface area contributed by atoms with Crippen molar-refractivity contribution in [3.8, 4) is 0 Å². The Morgan fingerprint density at radius 3 is 2.94 bits per heavy atom. The molecule has 2 aromatic rings. The van der Waals surface area contributed by atoms with Crippen LogP contribution in [0.4, 0.5) is 10.2 Å². The Morgan fingerprint density at radius 1 is 1.35 bits per heavy atom. The van der Waals surface area contributed by atoms with Crippen molar-refractivity contribution in [2.45, 2.75) is 12.8 Å². The Hall–Kier alpha value is -1.65. The first kappa shape index (κ1) is 10.5. The van der Waals surface area contributed by atoms with E-state index in [1.807, 2.05) is 12.3 Å². The lowest BCUT2D eigenvalue weighted by atomic mass is 9.98. The van der Waals surface area contributed by atoms with E-state index in [1.54, 1.807) is 6.33 Å². The zero-order chi connectivity index (χ0) is 11.7. The maximum atomic E-state index is 12.6. The molecule has 90 valence electrons. The fourth-order valence-corrected chi connectivity index (χ4v) is 2.41. The van der Waals surface area contributed by atoms with Gasteiger partial charge in [0.15, 0.2) is 0 Å². The van der Waals surface area contributed by atoms with Gasteiger partial charge in [0.25, 0.3) is 0 Å². The lowest BCUT2D eigenvalue weighted by molar-refractivity contribution is 0.307. The van der Waals surface area contributed by atoms with Crippen molar-refractivity contribution in [1.29, 1.82) is 0 Å². The minimum Gasteiger partial charge on any atom is -0.356 e. The van der Waals surface area contributed by atoms with Gasteiger partial charge >= 0.3 is 0 Å². The van der Waals surface area contributed by atoms with Gasteiger partial charge in [0, 0.05) is 19.3 Å². The van der Waals surface area contributed by atoms with Gasteiger partial charge in [-0.1, -0.05) is 0 Å². The van der Waals surface area contributed by atoms with Crippen LogP contribution in [0.1, 0.15) is 12.8 Å². The maximum Gasteiger partial charge on any atom is 0.142 e. The Bertz CT molecular complexity index is 502. The number of nitrogens with one attached hydrogen (secondary N) is 1. The largest absolute Gasteiger partial charge is 0.356 e. The number of aromatic nitrogens is 3. The van der Waals surface area contributed by atoms with Gasteiger partial charge in [-0.25, -0.2) is 9.97 Å². The molecule has 4 nitrogen and oxygen atoms in total. The highest BCUT2D eigenvalue weighted by atomic mass is 19.1. The fourth-order valence-electron chi connectivity index (χ4n) is 2.41. The standard InChI is InChI=1S/C12H15FN4/c13-7-9-2-5-17(6-3-9)12-10-1-4-14-11(10)15-8-16-12/h1,4,8-9H,2-3,5-7H2,(H,14,15,16). The lowest BCUT2D eigenvalue weighted by Crippen LogP contribution is -2.34. The van der Waals surface area contributed by atoms with E-state index in [9.17, 15) is 4.39 Å². The molecule has 0 aliphatic carbocycles. The molecule has 0 aromatic carbocycles.